The van der Waals surface area contributed by atoms with E-state index in [4.69, 9.17) is 18.9 Å². The molecular formula is C12H18O4. The summed E-state index contributed by atoms with van der Waals surface area (Å²) >= 11 is 0. The summed E-state index contributed by atoms with van der Waals surface area (Å²) in [6.45, 7) is 2.29. The molecule has 0 amide bonds. The molecule has 0 aromatic heterocycles. The van der Waals surface area contributed by atoms with Gasteiger partial charge >= 0.3 is 0 Å². The highest BCUT2D eigenvalue weighted by molar-refractivity contribution is 5.40. The first-order valence-corrected chi connectivity index (χ1v) is 5.06. The molecule has 1 aromatic rings. The summed E-state index contributed by atoms with van der Waals surface area (Å²) in [7, 11) is 4.85. The predicted molar refractivity (Wildman–Crippen MR) is 60.8 cm³/mol. The number of hydrogen-bond acceptors (Lipinski definition) is 4. The molecule has 90 valence electrons. The van der Waals surface area contributed by atoms with Gasteiger partial charge in [0.25, 0.3) is 0 Å². The number of methoxy groups -OCH3 is 3. The van der Waals surface area contributed by atoms with Gasteiger partial charge in [0.2, 0.25) is 0 Å². The molecular weight excluding hydrogens is 208 g/mol. The number of benzene rings is 1. The maximum Gasteiger partial charge on any atom is 0.154 e. The zero-order valence-corrected chi connectivity index (χ0v) is 10.1. The Bertz CT molecular complexity index is 325. The fourth-order valence-electron chi connectivity index (χ4n) is 1.25. The van der Waals surface area contributed by atoms with Gasteiger partial charge in [-0.2, -0.15) is 0 Å². The lowest BCUT2D eigenvalue weighted by atomic mass is 10.2. The van der Waals surface area contributed by atoms with Crippen LogP contribution in [-0.4, -0.2) is 27.6 Å². The van der Waals surface area contributed by atoms with Crippen molar-refractivity contribution in [3.63, 3.8) is 0 Å². The van der Waals surface area contributed by atoms with Crippen LogP contribution in [0.25, 0.3) is 0 Å². The van der Waals surface area contributed by atoms with Gasteiger partial charge in [-0.3, -0.25) is 0 Å². The Balaban J connectivity index is 2.71. The van der Waals surface area contributed by atoms with Crippen LogP contribution in [0.4, 0.5) is 0 Å². The van der Waals surface area contributed by atoms with Crippen molar-refractivity contribution < 1.29 is 18.9 Å². The Labute approximate surface area is 96.1 Å². The lowest BCUT2D eigenvalue weighted by molar-refractivity contribution is -0.119. The molecule has 0 aliphatic carbocycles. The molecule has 0 radical (unpaired) electrons. The molecule has 1 unspecified atom stereocenters. The Hall–Kier alpha value is -1.26. The maximum atomic E-state index is 5.45. The SMILES string of the molecule is COc1ccc(COC(C)OC)c(OC)c1. The third-order valence-electron chi connectivity index (χ3n) is 2.30. The van der Waals surface area contributed by atoms with E-state index in [2.05, 4.69) is 0 Å². The van der Waals surface area contributed by atoms with Crippen LogP contribution >= 0.6 is 0 Å². The molecule has 0 spiro atoms. The van der Waals surface area contributed by atoms with Crippen LogP contribution in [-0.2, 0) is 16.1 Å². The van der Waals surface area contributed by atoms with Crippen molar-refractivity contribution >= 4 is 0 Å². The second-order valence-electron chi connectivity index (χ2n) is 3.29. The van der Waals surface area contributed by atoms with Gasteiger partial charge < -0.3 is 18.9 Å². The molecule has 0 saturated carbocycles. The number of hydrogen-bond donors (Lipinski definition) is 0. The zero-order valence-electron chi connectivity index (χ0n) is 10.1. The van der Waals surface area contributed by atoms with Gasteiger partial charge in [-0.1, -0.05) is 0 Å². The minimum Gasteiger partial charge on any atom is -0.497 e. The molecule has 0 aliphatic heterocycles. The Kier molecular flexibility index (Phi) is 5.08. The average molecular weight is 226 g/mol. The fraction of sp³-hybridized carbons (Fsp3) is 0.500. The highest BCUT2D eigenvalue weighted by Gasteiger charge is 2.07. The van der Waals surface area contributed by atoms with Crippen LogP contribution < -0.4 is 9.47 Å². The minimum atomic E-state index is -0.230. The molecule has 0 fully saturated rings. The monoisotopic (exact) mass is 226 g/mol. The Morgan fingerprint density at radius 3 is 2.44 bits per heavy atom. The van der Waals surface area contributed by atoms with E-state index in [0.717, 1.165) is 17.1 Å². The molecule has 1 aromatic carbocycles. The van der Waals surface area contributed by atoms with Gasteiger partial charge in [0.1, 0.15) is 11.5 Å². The zero-order chi connectivity index (χ0) is 12.0. The summed E-state index contributed by atoms with van der Waals surface area (Å²) in [5.41, 5.74) is 0.965. The van der Waals surface area contributed by atoms with Crippen LogP contribution in [0.2, 0.25) is 0 Å². The van der Waals surface area contributed by atoms with Crippen LogP contribution in [0.1, 0.15) is 12.5 Å². The molecule has 0 aliphatic rings. The van der Waals surface area contributed by atoms with Gasteiger partial charge in [0.15, 0.2) is 6.29 Å². The Morgan fingerprint density at radius 2 is 1.88 bits per heavy atom. The van der Waals surface area contributed by atoms with E-state index in [1.807, 2.05) is 25.1 Å². The summed E-state index contributed by atoms with van der Waals surface area (Å²) in [5, 5.41) is 0. The maximum absolute atomic E-state index is 5.45. The first-order valence-electron chi connectivity index (χ1n) is 5.06. The lowest BCUT2D eigenvalue weighted by Gasteiger charge is -2.13. The third kappa shape index (κ3) is 3.40. The van der Waals surface area contributed by atoms with Gasteiger partial charge in [-0.15, -0.1) is 0 Å². The third-order valence-corrected chi connectivity index (χ3v) is 2.30. The lowest BCUT2D eigenvalue weighted by Crippen LogP contribution is -2.10. The molecule has 0 saturated heterocycles. The van der Waals surface area contributed by atoms with E-state index >= 15 is 0 Å². The van der Waals surface area contributed by atoms with Crippen molar-refractivity contribution in [2.75, 3.05) is 21.3 Å². The molecule has 0 heterocycles. The molecule has 4 nitrogen and oxygen atoms in total. The highest BCUT2D eigenvalue weighted by Crippen LogP contribution is 2.25. The van der Waals surface area contributed by atoms with Crippen LogP contribution in [0.15, 0.2) is 18.2 Å². The van der Waals surface area contributed by atoms with Gasteiger partial charge in [0, 0.05) is 18.7 Å². The van der Waals surface area contributed by atoms with Gasteiger partial charge in [-0.05, 0) is 19.1 Å². The molecule has 1 atom stereocenters. The van der Waals surface area contributed by atoms with Crippen molar-refractivity contribution in [3.8, 4) is 11.5 Å². The minimum absolute atomic E-state index is 0.230. The van der Waals surface area contributed by atoms with Crippen molar-refractivity contribution in [3.05, 3.63) is 23.8 Å². The summed E-state index contributed by atoms with van der Waals surface area (Å²) in [5.74, 6) is 1.52. The van der Waals surface area contributed by atoms with Crippen LogP contribution in [0.5, 0.6) is 11.5 Å². The van der Waals surface area contributed by atoms with Crippen molar-refractivity contribution in [1.82, 2.24) is 0 Å². The molecule has 4 heteroatoms. The second kappa shape index (κ2) is 6.35. The average Bonchev–Trinajstić information content (AvgIpc) is 2.35. The largest absolute Gasteiger partial charge is 0.497 e. The van der Waals surface area contributed by atoms with Crippen LogP contribution in [0, 0.1) is 0 Å². The second-order valence-corrected chi connectivity index (χ2v) is 3.29. The summed E-state index contributed by atoms with van der Waals surface area (Å²) in [6.07, 6.45) is -0.230. The Morgan fingerprint density at radius 1 is 1.12 bits per heavy atom. The topological polar surface area (TPSA) is 36.9 Å². The van der Waals surface area contributed by atoms with E-state index in [9.17, 15) is 0 Å². The van der Waals surface area contributed by atoms with Crippen molar-refractivity contribution in [2.24, 2.45) is 0 Å². The quantitative estimate of drug-likeness (QED) is 0.697. The number of ether oxygens (including phenoxy) is 4. The highest BCUT2D eigenvalue weighted by atomic mass is 16.7. The van der Waals surface area contributed by atoms with Gasteiger partial charge in [0.05, 0.1) is 20.8 Å². The first kappa shape index (κ1) is 12.8. The number of rotatable bonds is 6. The van der Waals surface area contributed by atoms with Crippen molar-refractivity contribution in [1.29, 1.82) is 0 Å². The van der Waals surface area contributed by atoms with E-state index in [1.165, 1.54) is 0 Å². The fourth-order valence-corrected chi connectivity index (χ4v) is 1.25. The molecule has 16 heavy (non-hydrogen) atoms. The van der Waals surface area contributed by atoms with Crippen molar-refractivity contribution in [2.45, 2.75) is 19.8 Å². The summed E-state index contributed by atoms with van der Waals surface area (Å²) in [4.78, 5) is 0. The van der Waals surface area contributed by atoms with Gasteiger partial charge in [-0.25, -0.2) is 0 Å². The van der Waals surface area contributed by atoms with E-state index in [1.54, 1.807) is 21.3 Å². The summed E-state index contributed by atoms with van der Waals surface area (Å²) < 4.78 is 20.8. The smallest absolute Gasteiger partial charge is 0.154 e. The van der Waals surface area contributed by atoms with E-state index in [-0.39, 0.29) is 6.29 Å². The van der Waals surface area contributed by atoms with E-state index < -0.39 is 0 Å². The standard InChI is InChI=1S/C12H18O4/c1-9(13-2)16-8-10-5-6-11(14-3)7-12(10)15-4/h5-7,9H,8H2,1-4H3. The summed E-state index contributed by atoms with van der Waals surface area (Å²) in [6, 6.07) is 5.62. The molecule has 0 N–H and O–H groups in total. The van der Waals surface area contributed by atoms with E-state index in [0.29, 0.717) is 6.61 Å². The first-order chi connectivity index (χ1) is 7.71. The van der Waals surface area contributed by atoms with Crippen LogP contribution in [0.3, 0.4) is 0 Å². The molecule has 1 rings (SSSR count). The predicted octanol–water partition coefficient (Wildman–Crippen LogP) is 2.21. The molecule has 0 bridgehead atoms. The normalized spacial score (nSPS) is 12.2.